The van der Waals surface area contributed by atoms with Crippen molar-refractivity contribution in [1.29, 1.82) is 0 Å². The molecule has 0 spiro atoms. The van der Waals surface area contributed by atoms with E-state index in [2.05, 4.69) is 5.32 Å². The lowest BCUT2D eigenvalue weighted by molar-refractivity contribution is -0.113. The Morgan fingerprint density at radius 1 is 1.06 bits per heavy atom. The number of carbonyl (C=O) groups is 3. The van der Waals surface area contributed by atoms with Gasteiger partial charge in [-0.2, -0.15) is 0 Å². The Morgan fingerprint density at radius 2 is 1.83 bits per heavy atom. The van der Waals surface area contributed by atoms with E-state index in [1.165, 1.54) is 18.2 Å². The smallest absolute Gasteiger partial charge is 0.335 e. The number of anilines is 1. The van der Waals surface area contributed by atoms with Gasteiger partial charge in [0.05, 0.1) is 22.9 Å². The first kappa shape index (κ1) is 23.8. The number of carboxylic acid groups (broad SMARTS) is 1. The molecule has 35 heavy (non-hydrogen) atoms. The number of benzene rings is 3. The van der Waals surface area contributed by atoms with Gasteiger partial charge in [-0.05, 0) is 60.5 Å². The summed E-state index contributed by atoms with van der Waals surface area (Å²) < 4.78 is 11.6. The lowest BCUT2D eigenvalue weighted by atomic mass is 10.1. The van der Waals surface area contributed by atoms with Gasteiger partial charge in [0.25, 0.3) is 5.91 Å². The number of amides is 3. The Morgan fingerprint density at radius 3 is 2.54 bits per heavy atom. The highest BCUT2D eigenvalue weighted by molar-refractivity contribution is 6.32. The molecule has 0 saturated carbocycles. The van der Waals surface area contributed by atoms with Gasteiger partial charge in [-0.1, -0.05) is 41.9 Å². The van der Waals surface area contributed by atoms with E-state index in [4.69, 9.17) is 21.1 Å². The Bertz CT molecular complexity index is 1320. The second-order valence-corrected chi connectivity index (χ2v) is 7.93. The van der Waals surface area contributed by atoms with Crippen LogP contribution in [0.5, 0.6) is 11.5 Å². The monoisotopic (exact) mass is 492 g/mol. The molecule has 1 aliphatic heterocycles. The molecular weight excluding hydrogens is 472 g/mol. The molecule has 9 heteroatoms. The number of hydrogen-bond acceptors (Lipinski definition) is 5. The molecule has 178 valence electrons. The van der Waals surface area contributed by atoms with Gasteiger partial charge < -0.3 is 19.9 Å². The summed E-state index contributed by atoms with van der Waals surface area (Å²) in [5.74, 6) is -0.896. The molecule has 8 nitrogen and oxygen atoms in total. The highest BCUT2D eigenvalue weighted by atomic mass is 35.5. The summed E-state index contributed by atoms with van der Waals surface area (Å²) in [6.45, 7) is 2.21. The number of carboxylic acids is 1. The van der Waals surface area contributed by atoms with Crippen LogP contribution in [0.3, 0.4) is 0 Å². The van der Waals surface area contributed by atoms with Crippen molar-refractivity contribution in [3.05, 3.63) is 94.1 Å². The third-order valence-corrected chi connectivity index (χ3v) is 5.37. The average Bonchev–Trinajstić information content (AvgIpc) is 3.12. The molecule has 1 saturated heterocycles. The lowest BCUT2D eigenvalue weighted by Crippen LogP contribution is -2.30. The summed E-state index contributed by atoms with van der Waals surface area (Å²) in [5.41, 5.74) is 1.88. The highest BCUT2D eigenvalue weighted by Gasteiger charge is 2.34. The molecule has 0 unspecified atom stereocenters. The molecule has 1 fully saturated rings. The lowest BCUT2D eigenvalue weighted by Gasteiger charge is -2.15. The summed E-state index contributed by atoms with van der Waals surface area (Å²) in [6.07, 6.45) is 1.51. The van der Waals surface area contributed by atoms with E-state index in [0.717, 1.165) is 4.90 Å². The highest BCUT2D eigenvalue weighted by Crippen LogP contribution is 2.38. The van der Waals surface area contributed by atoms with Crippen LogP contribution in [-0.2, 0) is 11.4 Å². The summed E-state index contributed by atoms with van der Waals surface area (Å²) in [4.78, 5) is 37.5. The van der Waals surface area contributed by atoms with Crippen LogP contribution in [0.25, 0.3) is 6.08 Å². The number of halogens is 1. The number of aromatic carboxylic acids is 1. The SMILES string of the molecule is CCOc1cc(/C=C2/NC(=O)N(c3ccccc3)C2=O)cc(Cl)c1OCc1cccc(C(=O)O)c1. The number of carbonyl (C=O) groups excluding carboxylic acids is 2. The van der Waals surface area contributed by atoms with Crippen LogP contribution in [0.4, 0.5) is 10.5 Å². The van der Waals surface area contributed by atoms with Crippen molar-refractivity contribution in [3.8, 4) is 11.5 Å². The second kappa shape index (κ2) is 10.3. The molecule has 3 aromatic rings. The Balaban J connectivity index is 1.59. The van der Waals surface area contributed by atoms with E-state index in [-0.39, 0.29) is 28.6 Å². The zero-order valence-electron chi connectivity index (χ0n) is 18.7. The van der Waals surface area contributed by atoms with Crippen molar-refractivity contribution in [2.24, 2.45) is 0 Å². The molecule has 0 atom stereocenters. The van der Waals surface area contributed by atoms with E-state index in [0.29, 0.717) is 29.2 Å². The molecule has 0 radical (unpaired) electrons. The maximum absolute atomic E-state index is 12.9. The largest absolute Gasteiger partial charge is 0.490 e. The fraction of sp³-hybridized carbons (Fsp3) is 0.115. The summed E-state index contributed by atoms with van der Waals surface area (Å²) in [5, 5.41) is 12.0. The molecule has 0 bridgehead atoms. The summed E-state index contributed by atoms with van der Waals surface area (Å²) in [7, 11) is 0. The van der Waals surface area contributed by atoms with E-state index < -0.39 is 17.9 Å². The van der Waals surface area contributed by atoms with E-state index in [1.54, 1.807) is 61.5 Å². The van der Waals surface area contributed by atoms with Crippen molar-refractivity contribution in [3.63, 3.8) is 0 Å². The summed E-state index contributed by atoms with van der Waals surface area (Å²) >= 11 is 6.48. The topological polar surface area (TPSA) is 105 Å². The quantitative estimate of drug-likeness (QED) is 0.334. The van der Waals surface area contributed by atoms with E-state index >= 15 is 0 Å². The molecule has 0 aromatic heterocycles. The number of imide groups is 1. The fourth-order valence-corrected chi connectivity index (χ4v) is 3.81. The van der Waals surface area contributed by atoms with Gasteiger partial charge in [-0.25, -0.2) is 14.5 Å². The predicted octanol–water partition coefficient (Wildman–Crippen LogP) is 5.11. The Hall–Kier alpha value is -4.30. The minimum absolute atomic E-state index is 0.0714. The van der Waals surface area contributed by atoms with Gasteiger partial charge in [0.2, 0.25) is 0 Å². The van der Waals surface area contributed by atoms with Crippen molar-refractivity contribution in [1.82, 2.24) is 5.32 Å². The van der Waals surface area contributed by atoms with Crippen LogP contribution < -0.4 is 19.7 Å². The van der Waals surface area contributed by atoms with Gasteiger partial charge in [-0.3, -0.25) is 4.79 Å². The van der Waals surface area contributed by atoms with Crippen molar-refractivity contribution in [2.45, 2.75) is 13.5 Å². The van der Waals surface area contributed by atoms with E-state index in [9.17, 15) is 19.5 Å². The second-order valence-electron chi connectivity index (χ2n) is 7.52. The zero-order chi connectivity index (χ0) is 24.9. The predicted molar refractivity (Wildman–Crippen MR) is 131 cm³/mol. The molecule has 3 amide bonds. The van der Waals surface area contributed by atoms with Crippen LogP contribution in [0.2, 0.25) is 5.02 Å². The molecule has 1 heterocycles. The van der Waals surface area contributed by atoms with Crippen LogP contribution >= 0.6 is 11.6 Å². The third-order valence-electron chi connectivity index (χ3n) is 5.09. The average molecular weight is 493 g/mol. The van der Waals surface area contributed by atoms with Crippen molar-refractivity contribution >= 4 is 41.3 Å². The van der Waals surface area contributed by atoms with Gasteiger partial charge in [0.15, 0.2) is 11.5 Å². The first-order chi connectivity index (χ1) is 16.9. The number of ether oxygens (including phenoxy) is 2. The van der Waals surface area contributed by atoms with Crippen LogP contribution in [-0.4, -0.2) is 29.6 Å². The minimum atomic E-state index is -1.03. The van der Waals surface area contributed by atoms with Gasteiger partial charge in [-0.15, -0.1) is 0 Å². The maximum Gasteiger partial charge on any atom is 0.335 e. The van der Waals surface area contributed by atoms with Crippen LogP contribution in [0.15, 0.2) is 72.4 Å². The number of nitrogens with zero attached hydrogens (tertiary/aromatic N) is 1. The Labute approximate surface area is 206 Å². The Kier molecular flexibility index (Phi) is 7.03. The zero-order valence-corrected chi connectivity index (χ0v) is 19.4. The molecule has 1 aliphatic rings. The molecule has 3 aromatic carbocycles. The van der Waals surface area contributed by atoms with Gasteiger partial charge >= 0.3 is 12.0 Å². The molecular formula is C26H21ClN2O6. The number of nitrogens with one attached hydrogen (secondary N) is 1. The number of hydrogen-bond donors (Lipinski definition) is 2. The number of rotatable bonds is 8. The normalized spacial score (nSPS) is 14.2. The fourth-order valence-electron chi connectivity index (χ4n) is 3.54. The third kappa shape index (κ3) is 5.28. The van der Waals surface area contributed by atoms with Gasteiger partial charge in [0.1, 0.15) is 12.3 Å². The number of para-hydroxylation sites is 1. The first-order valence-electron chi connectivity index (χ1n) is 10.7. The van der Waals surface area contributed by atoms with Crippen LogP contribution in [0.1, 0.15) is 28.4 Å². The molecule has 0 aliphatic carbocycles. The summed E-state index contributed by atoms with van der Waals surface area (Å²) in [6, 6.07) is 17.7. The van der Waals surface area contributed by atoms with Crippen molar-refractivity contribution in [2.75, 3.05) is 11.5 Å². The van der Waals surface area contributed by atoms with E-state index in [1.807, 2.05) is 0 Å². The van der Waals surface area contributed by atoms with Gasteiger partial charge in [0, 0.05) is 0 Å². The molecule has 2 N–H and O–H groups in total. The molecule has 4 rings (SSSR count). The first-order valence-corrected chi connectivity index (χ1v) is 11.1. The minimum Gasteiger partial charge on any atom is -0.490 e. The number of urea groups is 1. The van der Waals surface area contributed by atoms with Crippen molar-refractivity contribution < 1.29 is 29.0 Å². The standard InChI is InChI=1S/C26H21ClN2O6/c1-2-34-22-14-17(13-21-24(30)29(26(33)28-21)19-9-4-3-5-10-19)12-20(27)23(22)35-15-16-7-6-8-18(11-16)25(31)32/h3-14H,2,15H2,1H3,(H,28,33)(H,31,32)/b21-13+. The maximum atomic E-state index is 12.9. The van der Waals surface area contributed by atoms with Crippen LogP contribution in [0, 0.1) is 0 Å².